The van der Waals surface area contributed by atoms with Crippen molar-refractivity contribution in [3.63, 3.8) is 0 Å². The molecule has 0 radical (unpaired) electrons. The SMILES string of the molecule is CNC(Cc1ccccc1)c1cc(F)ccc1Br. The molecular formula is C15H15BrFN. The smallest absolute Gasteiger partial charge is 0.123 e. The topological polar surface area (TPSA) is 12.0 Å². The maximum absolute atomic E-state index is 13.3. The maximum Gasteiger partial charge on any atom is 0.123 e. The van der Waals surface area contributed by atoms with Gasteiger partial charge in [0.15, 0.2) is 0 Å². The minimum atomic E-state index is -0.207. The van der Waals surface area contributed by atoms with Crippen molar-refractivity contribution >= 4 is 15.9 Å². The van der Waals surface area contributed by atoms with Gasteiger partial charge in [0.25, 0.3) is 0 Å². The molecule has 0 aliphatic carbocycles. The highest BCUT2D eigenvalue weighted by Gasteiger charge is 2.14. The molecule has 0 aliphatic rings. The zero-order chi connectivity index (χ0) is 13.0. The first-order valence-electron chi connectivity index (χ1n) is 5.87. The Balaban J connectivity index is 2.26. The fourth-order valence-electron chi connectivity index (χ4n) is 2.00. The van der Waals surface area contributed by atoms with Crippen molar-refractivity contribution in [1.82, 2.24) is 5.32 Å². The molecule has 1 N–H and O–H groups in total. The third kappa shape index (κ3) is 3.18. The fraction of sp³-hybridized carbons (Fsp3) is 0.200. The highest BCUT2D eigenvalue weighted by molar-refractivity contribution is 9.10. The van der Waals surface area contributed by atoms with Gasteiger partial charge >= 0.3 is 0 Å². The van der Waals surface area contributed by atoms with Gasteiger partial charge in [-0.25, -0.2) is 4.39 Å². The maximum atomic E-state index is 13.3. The summed E-state index contributed by atoms with van der Waals surface area (Å²) in [5, 5.41) is 3.24. The van der Waals surface area contributed by atoms with E-state index in [0.717, 1.165) is 16.5 Å². The van der Waals surface area contributed by atoms with E-state index in [2.05, 4.69) is 33.4 Å². The summed E-state index contributed by atoms with van der Waals surface area (Å²) < 4.78 is 14.3. The lowest BCUT2D eigenvalue weighted by atomic mass is 9.99. The van der Waals surface area contributed by atoms with Gasteiger partial charge in [0, 0.05) is 10.5 Å². The van der Waals surface area contributed by atoms with Crippen LogP contribution >= 0.6 is 15.9 Å². The van der Waals surface area contributed by atoms with Crippen molar-refractivity contribution in [2.45, 2.75) is 12.5 Å². The predicted octanol–water partition coefficient (Wildman–Crippen LogP) is 4.09. The second kappa shape index (κ2) is 6.12. The first-order valence-corrected chi connectivity index (χ1v) is 6.66. The molecule has 2 rings (SSSR count). The molecule has 94 valence electrons. The summed E-state index contributed by atoms with van der Waals surface area (Å²) >= 11 is 3.48. The molecular weight excluding hydrogens is 293 g/mol. The number of rotatable bonds is 4. The highest BCUT2D eigenvalue weighted by Crippen LogP contribution is 2.26. The Morgan fingerprint density at radius 2 is 1.89 bits per heavy atom. The van der Waals surface area contributed by atoms with Crippen LogP contribution in [0.1, 0.15) is 17.2 Å². The summed E-state index contributed by atoms with van der Waals surface area (Å²) in [6, 6.07) is 15.1. The van der Waals surface area contributed by atoms with Gasteiger partial charge < -0.3 is 5.32 Å². The van der Waals surface area contributed by atoms with Crippen LogP contribution in [0.5, 0.6) is 0 Å². The van der Waals surface area contributed by atoms with Gasteiger partial charge in [0.2, 0.25) is 0 Å². The van der Waals surface area contributed by atoms with E-state index in [0.29, 0.717) is 0 Å². The number of nitrogens with one attached hydrogen (secondary N) is 1. The zero-order valence-corrected chi connectivity index (χ0v) is 11.7. The molecule has 3 heteroatoms. The van der Waals surface area contributed by atoms with Crippen molar-refractivity contribution in [3.05, 3.63) is 69.9 Å². The van der Waals surface area contributed by atoms with Crippen LogP contribution in [0.2, 0.25) is 0 Å². The fourth-order valence-corrected chi connectivity index (χ4v) is 2.52. The molecule has 0 aromatic heterocycles. The van der Waals surface area contributed by atoms with E-state index < -0.39 is 0 Å². The van der Waals surface area contributed by atoms with E-state index in [1.807, 2.05) is 25.2 Å². The van der Waals surface area contributed by atoms with Crippen LogP contribution in [0.25, 0.3) is 0 Å². The monoisotopic (exact) mass is 307 g/mol. The third-order valence-corrected chi connectivity index (χ3v) is 3.69. The number of benzene rings is 2. The molecule has 0 fully saturated rings. The summed E-state index contributed by atoms with van der Waals surface area (Å²) in [5.41, 5.74) is 2.18. The molecule has 0 saturated heterocycles. The van der Waals surface area contributed by atoms with Crippen molar-refractivity contribution in [2.24, 2.45) is 0 Å². The molecule has 0 spiro atoms. The van der Waals surface area contributed by atoms with Crippen LogP contribution in [-0.4, -0.2) is 7.05 Å². The van der Waals surface area contributed by atoms with Crippen LogP contribution in [0.3, 0.4) is 0 Å². The summed E-state index contributed by atoms with van der Waals surface area (Å²) in [6.45, 7) is 0. The molecule has 2 aromatic rings. The van der Waals surface area contributed by atoms with E-state index in [4.69, 9.17) is 0 Å². The van der Waals surface area contributed by atoms with Gasteiger partial charge in [-0.15, -0.1) is 0 Å². The number of halogens is 2. The molecule has 2 aromatic carbocycles. The van der Waals surface area contributed by atoms with Gasteiger partial charge in [-0.1, -0.05) is 46.3 Å². The molecule has 0 bridgehead atoms. The normalized spacial score (nSPS) is 12.4. The van der Waals surface area contributed by atoms with E-state index >= 15 is 0 Å². The third-order valence-electron chi connectivity index (χ3n) is 2.96. The summed E-state index contributed by atoms with van der Waals surface area (Å²) in [7, 11) is 1.89. The highest BCUT2D eigenvalue weighted by atomic mass is 79.9. The van der Waals surface area contributed by atoms with Crippen molar-refractivity contribution in [2.75, 3.05) is 7.05 Å². The molecule has 0 aliphatic heterocycles. The summed E-state index contributed by atoms with van der Waals surface area (Å²) in [4.78, 5) is 0. The Morgan fingerprint density at radius 3 is 2.56 bits per heavy atom. The Kier molecular flexibility index (Phi) is 4.50. The van der Waals surface area contributed by atoms with Crippen molar-refractivity contribution < 1.29 is 4.39 Å². The summed E-state index contributed by atoms with van der Waals surface area (Å²) in [6.07, 6.45) is 0.833. The minimum absolute atomic E-state index is 0.0949. The van der Waals surface area contributed by atoms with Gasteiger partial charge in [-0.3, -0.25) is 0 Å². The Hall–Kier alpha value is -1.19. The Morgan fingerprint density at radius 1 is 1.17 bits per heavy atom. The minimum Gasteiger partial charge on any atom is -0.313 e. The molecule has 1 nitrogen and oxygen atoms in total. The van der Waals surface area contributed by atoms with Gasteiger partial charge in [0.05, 0.1) is 0 Å². The van der Waals surface area contributed by atoms with E-state index in [1.165, 1.54) is 11.6 Å². The largest absolute Gasteiger partial charge is 0.313 e. The van der Waals surface area contributed by atoms with Gasteiger partial charge in [0.1, 0.15) is 5.82 Å². The number of hydrogen-bond donors (Lipinski definition) is 1. The second-order valence-corrected chi connectivity index (χ2v) is 5.05. The average molecular weight is 308 g/mol. The van der Waals surface area contributed by atoms with E-state index in [-0.39, 0.29) is 11.9 Å². The van der Waals surface area contributed by atoms with Crippen molar-refractivity contribution in [3.8, 4) is 0 Å². The number of hydrogen-bond acceptors (Lipinski definition) is 1. The zero-order valence-electron chi connectivity index (χ0n) is 10.2. The van der Waals surface area contributed by atoms with E-state index in [1.54, 1.807) is 12.1 Å². The van der Waals surface area contributed by atoms with Crippen LogP contribution < -0.4 is 5.32 Å². The van der Waals surface area contributed by atoms with Crippen LogP contribution in [-0.2, 0) is 6.42 Å². The van der Waals surface area contributed by atoms with Gasteiger partial charge in [-0.2, -0.15) is 0 Å². The first-order chi connectivity index (χ1) is 8.70. The first kappa shape index (κ1) is 13.2. The van der Waals surface area contributed by atoms with Crippen molar-refractivity contribution in [1.29, 1.82) is 0 Å². The summed E-state index contributed by atoms with van der Waals surface area (Å²) in [5.74, 6) is -0.207. The molecule has 1 atom stereocenters. The van der Waals surface area contributed by atoms with Gasteiger partial charge in [-0.05, 0) is 42.8 Å². The Labute approximate surface area is 115 Å². The van der Waals surface area contributed by atoms with Crippen LogP contribution in [0.4, 0.5) is 4.39 Å². The molecule has 1 unspecified atom stereocenters. The molecule has 0 saturated carbocycles. The van der Waals surface area contributed by atoms with Crippen LogP contribution in [0, 0.1) is 5.82 Å². The Bertz CT molecular complexity index is 513. The average Bonchev–Trinajstić information content (AvgIpc) is 2.40. The number of likely N-dealkylation sites (N-methyl/N-ethyl adjacent to an activating group) is 1. The standard InChI is InChI=1S/C15H15BrFN/c1-18-15(9-11-5-3-2-4-6-11)13-10-12(17)7-8-14(13)16/h2-8,10,15,18H,9H2,1H3. The van der Waals surface area contributed by atoms with E-state index in [9.17, 15) is 4.39 Å². The quantitative estimate of drug-likeness (QED) is 0.897. The lowest BCUT2D eigenvalue weighted by Crippen LogP contribution is -2.19. The predicted molar refractivity (Wildman–Crippen MR) is 76.0 cm³/mol. The molecule has 18 heavy (non-hydrogen) atoms. The molecule has 0 heterocycles. The lowest BCUT2D eigenvalue weighted by Gasteiger charge is -2.18. The second-order valence-electron chi connectivity index (χ2n) is 4.20. The lowest BCUT2D eigenvalue weighted by molar-refractivity contribution is 0.575. The molecule has 0 amide bonds. The van der Waals surface area contributed by atoms with Crippen LogP contribution in [0.15, 0.2) is 53.0 Å².